The summed E-state index contributed by atoms with van der Waals surface area (Å²) in [5, 5.41) is 7.29. The van der Waals surface area contributed by atoms with Gasteiger partial charge < -0.3 is 9.84 Å². The highest BCUT2D eigenvalue weighted by atomic mass is 16.5. The van der Waals surface area contributed by atoms with Crippen molar-refractivity contribution in [2.45, 2.75) is 33.2 Å². The van der Waals surface area contributed by atoms with Crippen molar-refractivity contribution in [3.8, 4) is 11.3 Å². The van der Waals surface area contributed by atoms with Crippen LogP contribution in [0.2, 0.25) is 0 Å². The van der Waals surface area contributed by atoms with Crippen molar-refractivity contribution < 1.29 is 9.32 Å². The van der Waals surface area contributed by atoms with E-state index in [1.54, 1.807) is 6.92 Å². The van der Waals surface area contributed by atoms with E-state index in [-0.39, 0.29) is 11.9 Å². The molecule has 0 aliphatic heterocycles. The SMILES string of the molecule is Cc1onc(-c2ccccc2)c1C(=O)NC(CC(C)C)c1ccccc1. The summed E-state index contributed by atoms with van der Waals surface area (Å²) in [7, 11) is 0. The van der Waals surface area contributed by atoms with Crippen molar-refractivity contribution in [1.82, 2.24) is 10.5 Å². The third kappa shape index (κ3) is 4.02. The van der Waals surface area contributed by atoms with Gasteiger partial charge in [-0.2, -0.15) is 0 Å². The van der Waals surface area contributed by atoms with E-state index in [4.69, 9.17) is 4.52 Å². The lowest BCUT2D eigenvalue weighted by molar-refractivity contribution is 0.0931. The van der Waals surface area contributed by atoms with E-state index in [2.05, 4.69) is 24.3 Å². The Hall–Kier alpha value is -2.88. The number of hydrogen-bond donors (Lipinski definition) is 1. The van der Waals surface area contributed by atoms with Crippen LogP contribution in [0.4, 0.5) is 0 Å². The number of carbonyl (C=O) groups is 1. The van der Waals surface area contributed by atoms with E-state index in [1.165, 1.54) is 0 Å². The molecule has 26 heavy (non-hydrogen) atoms. The van der Waals surface area contributed by atoms with Crippen LogP contribution < -0.4 is 5.32 Å². The summed E-state index contributed by atoms with van der Waals surface area (Å²) in [6, 6.07) is 19.6. The van der Waals surface area contributed by atoms with E-state index in [1.807, 2.05) is 60.7 Å². The fourth-order valence-corrected chi connectivity index (χ4v) is 3.10. The van der Waals surface area contributed by atoms with Crippen LogP contribution in [0.25, 0.3) is 11.3 Å². The van der Waals surface area contributed by atoms with Gasteiger partial charge in [0, 0.05) is 5.56 Å². The second-order valence-corrected chi connectivity index (χ2v) is 6.89. The molecule has 1 aromatic heterocycles. The molecule has 3 aromatic rings. The fourth-order valence-electron chi connectivity index (χ4n) is 3.10. The second kappa shape index (κ2) is 8.00. The van der Waals surface area contributed by atoms with Crippen LogP contribution >= 0.6 is 0 Å². The first-order valence-electron chi connectivity index (χ1n) is 8.93. The predicted molar refractivity (Wildman–Crippen MR) is 103 cm³/mol. The molecule has 134 valence electrons. The molecular weight excluding hydrogens is 324 g/mol. The summed E-state index contributed by atoms with van der Waals surface area (Å²) in [4.78, 5) is 13.1. The Morgan fingerprint density at radius 3 is 2.27 bits per heavy atom. The van der Waals surface area contributed by atoms with Gasteiger partial charge in [0.05, 0.1) is 6.04 Å². The maximum Gasteiger partial charge on any atom is 0.257 e. The summed E-state index contributed by atoms with van der Waals surface area (Å²) < 4.78 is 5.33. The summed E-state index contributed by atoms with van der Waals surface area (Å²) in [5.41, 5.74) is 3.05. The number of aromatic nitrogens is 1. The van der Waals surface area contributed by atoms with Gasteiger partial charge in [0.25, 0.3) is 5.91 Å². The van der Waals surface area contributed by atoms with Crippen LogP contribution in [-0.2, 0) is 0 Å². The van der Waals surface area contributed by atoms with Gasteiger partial charge in [-0.15, -0.1) is 0 Å². The second-order valence-electron chi connectivity index (χ2n) is 6.89. The number of benzene rings is 2. The molecule has 1 N–H and O–H groups in total. The minimum Gasteiger partial charge on any atom is -0.360 e. The lowest BCUT2D eigenvalue weighted by Gasteiger charge is -2.21. The molecule has 0 saturated carbocycles. The Balaban J connectivity index is 1.90. The first kappa shape index (κ1) is 17.9. The van der Waals surface area contributed by atoms with Gasteiger partial charge in [-0.25, -0.2) is 0 Å². The molecule has 0 spiro atoms. The standard InChI is InChI=1S/C22H24N2O2/c1-15(2)14-19(17-10-6-4-7-11-17)23-22(25)20-16(3)26-24-21(20)18-12-8-5-9-13-18/h4-13,15,19H,14H2,1-3H3,(H,23,25). The Morgan fingerprint density at radius 1 is 1.04 bits per heavy atom. The van der Waals surface area contributed by atoms with Crippen LogP contribution in [-0.4, -0.2) is 11.1 Å². The molecule has 1 atom stereocenters. The van der Waals surface area contributed by atoms with Crippen molar-refractivity contribution in [2.75, 3.05) is 0 Å². The minimum atomic E-state index is -0.155. The molecule has 1 heterocycles. The van der Waals surface area contributed by atoms with E-state index >= 15 is 0 Å². The molecule has 3 rings (SSSR count). The number of hydrogen-bond acceptors (Lipinski definition) is 3. The normalized spacial score (nSPS) is 12.2. The molecule has 1 unspecified atom stereocenters. The summed E-state index contributed by atoms with van der Waals surface area (Å²) in [6.45, 7) is 6.08. The lowest BCUT2D eigenvalue weighted by Crippen LogP contribution is -2.30. The van der Waals surface area contributed by atoms with Crippen LogP contribution in [0.3, 0.4) is 0 Å². The first-order chi connectivity index (χ1) is 12.6. The number of rotatable bonds is 6. The third-order valence-electron chi connectivity index (χ3n) is 4.35. The van der Waals surface area contributed by atoms with Gasteiger partial charge in [-0.3, -0.25) is 4.79 Å². The number of aryl methyl sites for hydroxylation is 1. The predicted octanol–water partition coefficient (Wildman–Crippen LogP) is 5.17. The van der Waals surface area contributed by atoms with Gasteiger partial charge in [-0.05, 0) is 24.8 Å². The number of carbonyl (C=O) groups excluding carboxylic acids is 1. The number of nitrogens with one attached hydrogen (secondary N) is 1. The third-order valence-corrected chi connectivity index (χ3v) is 4.35. The largest absolute Gasteiger partial charge is 0.360 e. The molecule has 0 radical (unpaired) electrons. The first-order valence-corrected chi connectivity index (χ1v) is 8.93. The molecule has 0 saturated heterocycles. The average Bonchev–Trinajstić information content (AvgIpc) is 3.04. The molecule has 0 aliphatic carbocycles. The van der Waals surface area contributed by atoms with Crippen molar-refractivity contribution in [2.24, 2.45) is 5.92 Å². The van der Waals surface area contributed by atoms with Crippen LogP contribution in [0.15, 0.2) is 65.2 Å². The summed E-state index contributed by atoms with van der Waals surface area (Å²) >= 11 is 0. The smallest absolute Gasteiger partial charge is 0.257 e. The molecule has 4 nitrogen and oxygen atoms in total. The van der Waals surface area contributed by atoms with Crippen LogP contribution in [0.5, 0.6) is 0 Å². The zero-order valence-electron chi connectivity index (χ0n) is 15.4. The van der Waals surface area contributed by atoms with Crippen molar-refractivity contribution in [3.63, 3.8) is 0 Å². The number of nitrogens with zero attached hydrogens (tertiary/aromatic N) is 1. The van der Waals surface area contributed by atoms with Crippen molar-refractivity contribution in [1.29, 1.82) is 0 Å². The van der Waals surface area contributed by atoms with Crippen LogP contribution in [0.1, 0.15) is 48.0 Å². The molecule has 1 amide bonds. The Labute approximate surface area is 154 Å². The van der Waals surface area contributed by atoms with E-state index in [0.717, 1.165) is 17.5 Å². The fraction of sp³-hybridized carbons (Fsp3) is 0.273. The van der Waals surface area contributed by atoms with Gasteiger partial charge in [-0.1, -0.05) is 79.7 Å². The van der Waals surface area contributed by atoms with Crippen molar-refractivity contribution >= 4 is 5.91 Å². The molecule has 0 aliphatic rings. The molecule has 4 heteroatoms. The van der Waals surface area contributed by atoms with E-state index < -0.39 is 0 Å². The Morgan fingerprint density at radius 2 is 1.65 bits per heavy atom. The molecule has 0 fully saturated rings. The molecule has 2 aromatic carbocycles. The summed E-state index contributed by atoms with van der Waals surface area (Å²) in [5.74, 6) is 0.826. The van der Waals surface area contributed by atoms with Gasteiger partial charge in [0.2, 0.25) is 0 Å². The van der Waals surface area contributed by atoms with Gasteiger partial charge >= 0.3 is 0 Å². The topological polar surface area (TPSA) is 55.1 Å². The quantitative estimate of drug-likeness (QED) is 0.669. The van der Waals surface area contributed by atoms with E-state index in [9.17, 15) is 4.79 Å². The van der Waals surface area contributed by atoms with Crippen molar-refractivity contribution in [3.05, 3.63) is 77.6 Å². The maximum atomic E-state index is 13.1. The highest BCUT2D eigenvalue weighted by Crippen LogP contribution is 2.27. The van der Waals surface area contributed by atoms with Gasteiger partial charge in [0.1, 0.15) is 17.0 Å². The monoisotopic (exact) mass is 348 g/mol. The average molecular weight is 348 g/mol. The summed E-state index contributed by atoms with van der Waals surface area (Å²) in [6.07, 6.45) is 0.862. The zero-order chi connectivity index (χ0) is 18.5. The maximum absolute atomic E-state index is 13.1. The molecule has 0 bridgehead atoms. The van der Waals surface area contributed by atoms with Gasteiger partial charge in [0.15, 0.2) is 0 Å². The highest BCUT2D eigenvalue weighted by molar-refractivity contribution is 6.01. The van der Waals surface area contributed by atoms with E-state index in [0.29, 0.717) is 22.9 Å². The molecular formula is C22H24N2O2. The number of amides is 1. The zero-order valence-corrected chi connectivity index (χ0v) is 15.4. The minimum absolute atomic E-state index is 0.0541. The van der Waals surface area contributed by atoms with Crippen LogP contribution in [0, 0.1) is 12.8 Å². The Kier molecular flexibility index (Phi) is 5.52. The lowest BCUT2D eigenvalue weighted by atomic mass is 9.96. The Bertz CT molecular complexity index is 854. The highest BCUT2D eigenvalue weighted by Gasteiger charge is 2.24.